The number of aryl methyl sites for hydroxylation is 1. The monoisotopic (exact) mass is 398 g/mol. The molecular formula is C21H22N2O4S. The molecule has 1 aliphatic heterocycles. The molecule has 7 heteroatoms. The fourth-order valence-electron chi connectivity index (χ4n) is 3.10. The lowest BCUT2D eigenvalue weighted by Gasteiger charge is -2.11. The topological polar surface area (TPSA) is 68.6 Å². The molecule has 1 saturated heterocycles. The van der Waals surface area contributed by atoms with Gasteiger partial charge in [-0.2, -0.15) is 0 Å². The van der Waals surface area contributed by atoms with Crippen LogP contribution in [-0.4, -0.2) is 39.7 Å². The number of carbonyl (C=O) groups is 3. The summed E-state index contributed by atoms with van der Waals surface area (Å²) < 4.78 is 7.00. The average molecular weight is 398 g/mol. The molecule has 0 unspecified atom stereocenters. The first kappa shape index (κ1) is 19.9. The van der Waals surface area contributed by atoms with Crippen LogP contribution in [0.5, 0.6) is 0 Å². The highest BCUT2D eigenvalue weighted by Gasteiger charge is 2.36. The molecule has 0 bridgehead atoms. The van der Waals surface area contributed by atoms with Gasteiger partial charge in [0.25, 0.3) is 11.1 Å². The number of rotatable bonds is 6. The lowest BCUT2D eigenvalue weighted by Crippen LogP contribution is -2.34. The fourth-order valence-corrected chi connectivity index (χ4v) is 3.93. The summed E-state index contributed by atoms with van der Waals surface area (Å²) in [5, 5.41) is -0.456. The van der Waals surface area contributed by atoms with Gasteiger partial charge in [0, 0.05) is 17.9 Å². The van der Waals surface area contributed by atoms with Crippen molar-refractivity contribution >= 4 is 35.0 Å². The third-order valence-electron chi connectivity index (χ3n) is 4.55. The normalized spacial score (nSPS) is 15.5. The first-order valence-electron chi connectivity index (χ1n) is 9.02. The van der Waals surface area contributed by atoms with Gasteiger partial charge in [0.05, 0.1) is 11.5 Å². The molecule has 0 spiro atoms. The second kappa shape index (κ2) is 8.48. The molecule has 1 aromatic carbocycles. The lowest BCUT2D eigenvalue weighted by molar-refractivity contribution is -0.145. The number of amides is 2. The third kappa shape index (κ3) is 4.20. The molecule has 1 aliphatic rings. The van der Waals surface area contributed by atoms with Crippen LogP contribution in [0.3, 0.4) is 0 Å². The maximum atomic E-state index is 12.6. The van der Waals surface area contributed by atoms with E-state index in [0.29, 0.717) is 4.91 Å². The zero-order chi connectivity index (χ0) is 20.3. The minimum atomic E-state index is -0.591. The number of ether oxygens (including phenoxy) is 1. The predicted octanol–water partition coefficient (Wildman–Crippen LogP) is 3.75. The molecule has 1 fully saturated rings. The van der Waals surface area contributed by atoms with Crippen LogP contribution < -0.4 is 0 Å². The van der Waals surface area contributed by atoms with Gasteiger partial charge >= 0.3 is 5.97 Å². The van der Waals surface area contributed by atoms with Gasteiger partial charge in [0.1, 0.15) is 6.54 Å². The van der Waals surface area contributed by atoms with Crippen LogP contribution in [0.15, 0.2) is 41.3 Å². The highest BCUT2D eigenvalue weighted by Crippen LogP contribution is 2.33. The van der Waals surface area contributed by atoms with Gasteiger partial charge < -0.3 is 9.30 Å². The first-order chi connectivity index (χ1) is 13.4. The van der Waals surface area contributed by atoms with Crippen LogP contribution >= 0.6 is 11.8 Å². The van der Waals surface area contributed by atoms with Crippen molar-refractivity contribution in [1.82, 2.24) is 9.47 Å². The molecule has 0 radical (unpaired) electrons. The van der Waals surface area contributed by atoms with E-state index in [2.05, 4.69) is 16.7 Å². The predicted molar refractivity (Wildman–Crippen MR) is 109 cm³/mol. The number of carbonyl (C=O) groups excluding carboxylic acids is 3. The SMILES string of the molecule is CCOC(=O)CN1C(=O)S/C(=C/c2cc(C)n(Cc3ccccc3)c2C)C1=O. The first-order valence-corrected chi connectivity index (χ1v) is 9.84. The molecular weight excluding hydrogens is 376 g/mol. The zero-order valence-corrected chi connectivity index (χ0v) is 16.9. The highest BCUT2D eigenvalue weighted by atomic mass is 32.2. The van der Waals surface area contributed by atoms with Gasteiger partial charge in [-0.1, -0.05) is 30.3 Å². The Hall–Kier alpha value is -2.80. The smallest absolute Gasteiger partial charge is 0.326 e. The zero-order valence-electron chi connectivity index (χ0n) is 16.1. The van der Waals surface area contributed by atoms with Crippen molar-refractivity contribution in [2.75, 3.05) is 13.2 Å². The summed E-state index contributed by atoms with van der Waals surface area (Å²) in [6.07, 6.45) is 1.72. The summed E-state index contributed by atoms with van der Waals surface area (Å²) in [5.74, 6) is -1.05. The summed E-state index contributed by atoms with van der Waals surface area (Å²) in [6, 6.07) is 12.1. The molecule has 146 valence electrons. The van der Waals surface area contributed by atoms with Crippen LogP contribution in [0.4, 0.5) is 4.79 Å². The minimum Gasteiger partial charge on any atom is -0.465 e. The summed E-state index contributed by atoms with van der Waals surface area (Å²) in [6.45, 7) is 6.26. The van der Waals surface area contributed by atoms with Crippen LogP contribution in [0.2, 0.25) is 0 Å². The van der Waals surface area contributed by atoms with E-state index in [1.807, 2.05) is 38.1 Å². The van der Waals surface area contributed by atoms with E-state index in [1.54, 1.807) is 13.0 Å². The number of hydrogen-bond donors (Lipinski definition) is 0. The molecule has 0 aliphatic carbocycles. The Morgan fingerprint density at radius 2 is 1.89 bits per heavy atom. The Kier molecular flexibility index (Phi) is 6.04. The summed E-state index contributed by atoms with van der Waals surface area (Å²) in [7, 11) is 0. The summed E-state index contributed by atoms with van der Waals surface area (Å²) in [5.41, 5.74) is 4.15. The number of aromatic nitrogens is 1. The molecule has 0 atom stereocenters. The molecule has 28 heavy (non-hydrogen) atoms. The van der Waals surface area contributed by atoms with E-state index in [0.717, 1.165) is 40.2 Å². The number of esters is 1. The molecule has 2 aromatic rings. The number of benzene rings is 1. The second-order valence-electron chi connectivity index (χ2n) is 6.47. The molecule has 0 N–H and O–H groups in total. The number of hydrogen-bond acceptors (Lipinski definition) is 5. The van der Waals surface area contributed by atoms with Crippen LogP contribution in [-0.2, 0) is 20.9 Å². The summed E-state index contributed by atoms with van der Waals surface area (Å²) in [4.78, 5) is 37.6. The largest absolute Gasteiger partial charge is 0.465 e. The fraction of sp³-hybridized carbons (Fsp3) is 0.286. The third-order valence-corrected chi connectivity index (χ3v) is 5.46. The van der Waals surface area contributed by atoms with Crippen molar-refractivity contribution in [2.45, 2.75) is 27.3 Å². The molecule has 2 heterocycles. The number of nitrogens with zero attached hydrogens (tertiary/aromatic N) is 2. The second-order valence-corrected chi connectivity index (χ2v) is 7.46. The molecule has 1 aromatic heterocycles. The Morgan fingerprint density at radius 3 is 2.57 bits per heavy atom. The van der Waals surface area contributed by atoms with Gasteiger partial charge in [-0.05, 0) is 55.8 Å². The van der Waals surface area contributed by atoms with Gasteiger partial charge in [0.15, 0.2) is 0 Å². The van der Waals surface area contributed by atoms with E-state index in [1.165, 1.54) is 5.56 Å². The maximum absolute atomic E-state index is 12.6. The van der Waals surface area contributed by atoms with Crippen molar-refractivity contribution < 1.29 is 19.1 Å². The van der Waals surface area contributed by atoms with Gasteiger partial charge in [-0.3, -0.25) is 19.3 Å². The van der Waals surface area contributed by atoms with Crippen LogP contribution in [0.25, 0.3) is 6.08 Å². The molecule has 2 amide bonds. The Labute approximate surface area is 168 Å². The van der Waals surface area contributed by atoms with Gasteiger partial charge in [-0.15, -0.1) is 0 Å². The average Bonchev–Trinajstić information content (AvgIpc) is 3.07. The number of thioether (sulfide) groups is 1. The van der Waals surface area contributed by atoms with Crippen LogP contribution in [0, 0.1) is 13.8 Å². The Morgan fingerprint density at radius 1 is 1.18 bits per heavy atom. The van der Waals surface area contributed by atoms with E-state index in [9.17, 15) is 14.4 Å². The molecule has 0 saturated carbocycles. The highest BCUT2D eigenvalue weighted by molar-refractivity contribution is 8.18. The van der Waals surface area contributed by atoms with Crippen LogP contribution in [0.1, 0.15) is 29.4 Å². The minimum absolute atomic E-state index is 0.207. The number of imide groups is 1. The van der Waals surface area contributed by atoms with Crippen molar-refractivity contribution in [3.8, 4) is 0 Å². The van der Waals surface area contributed by atoms with E-state index in [-0.39, 0.29) is 13.2 Å². The maximum Gasteiger partial charge on any atom is 0.326 e. The lowest BCUT2D eigenvalue weighted by atomic mass is 10.2. The Balaban J connectivity index is 1.82. The Bertz CT molecular complexity index is 947. The van der Waals surface area contributed by atoms with Gasteiger partial charge in [0.2, 0.25) is 0 Å². The van der Waals surface area contributed by atoms with E-state index >= 15 is 0 Å². The van der Waals surface area contributed by atoms with Crippen molar-refractivity contribution in [1.29, 1.82) is 0 Å². The molecule has 6 nitrogen and oxygen atoms in total. The van der Waals surface area contributed by atoms with Crippen molar-refractivity contribution in [2.24, 2.45) is 0 Å². The van der Waals surface area contributed by atoms with Gasteiger partial charge in [-0.25, -0.2) is 0 Å². The van der Waals surface area contributed by atoms with Crippen molar-refractivity contribution in [3.05, 3.63) is 63.8 Å². The quantitative estimate of drug-likeness (QED) is 0.548. The van der Waals surface area contributed by atoms with E-state index in [4.69, 9.17) is 4.74 Å². The summed E-state index contributed by atoms with van der Waals surface area (Å²) >= 11 is 0.846. The van der Waals surface area contributed by atoms with E-state index < -0.39 is 17.1 Å². The standard InChI is InChI=1S/C21H22N2O4S/c1-4-27-19(24)13-23-20(25)18(28-21(23)26)11-17-10-14(2)22(15(17)3)12-16-8-6-5-7-9-16/h5-11H,4,12-13H2,1-3H3/b18-11+. The molecule has 3 rings (SSSR count). The van der Waals surface area contributed by atoms with Crippen molar-refractivity contribution in [3.63, 3.8) is 0 Å².